The van der Waals surface area contributed by atoms with Crippen LogP contribution in [-0.4, -0.2) is 44.3 Å². The van der Waals surface area contributed by atoms with E-state index in [1.165, 1.54) is 37.6 Å². The van der Waals surface area contributed by atoms with Crippen molar-refractivity contribution in [3.05, 3.63) is 101 Å². The number of halogens is 3. The summed E-state index contributed by atoms with van der Waals surface area (Å²) < 4.78 is 55.7. The molecular weight excluding hydrogens is 573 g/mol. The first-order chi connectivity index (χ1) is 21.3. The van der Waals surface area contributed by atoms with Crippen LogP contribution in [0.4, 0.5) is 13.2 Å². The SMILES string of the molecule is COC(=O)c1ccc2nc(Cc3ccc(-c4ccnc(OCc5ccc(C#N)cc5F)n4)cc3F)n(CC3(CF)CC3)c2n1. The number of fused-ring (bicyclic) bond motifs is 1. The molecule has 0 spiro atoms. The Morgan fingerprint density at radius 3 is 2.52 bits per heavy atom. The lowest BCUT2D eigenvalue weighted by Gasteiger charge is -2.15. The van der Waals surface area contributed by atoms with Gasteiger partial charge in [0.1, 0.15) is 29.6 Å². The molecule has 0 bridgehead atoms. The first kappa shape index (κ1) is 28.8. The van der Waals surface area contributed by atoms with E-state index in [-0.39, 0.29) is 35.9 Å². The molecule has 0 N–H and O–H groups in total. The van der Waals surface area contributed by atoms with Crippen molar-refractivity contribution >= 4 is 17.1 Å². The minimum absolute atomic E-state index is 0.0230. The smallest absolute Gasteiger partial charge is 0.356 e. The van der Waals surface area contributed by atoms with Gasteiger partial charge in [0.05, 0.1) is 31.1 Å². The zero-order chi connectivity index (χ0) is 30.8. The third-order valence-electron chi connectivity index (χ3n) is 7.67. The second kappa shape index (κ2) is 11.8. The van der Waals surface area contributed by atoms with E-state index in [2.05, 4.69) is 19.9 Å². The number of alkyl halides is 1. The summed E-state index contributed by atoms with van der Waals surface area (Å²) in [6.07, 6.45) is 2.99. The van der Waals surface area contributed by atoms with Crippen molar-refractivity contribution in [3.8, 4) is 23.3 Å². The van der Waals surface area contributed by atoms with Crippen molar-refractivity contribution in [2.75, 3.05) is 13.8 Å². The van der Waals surface area contributed by atoms with Crippen LogP contribution in [0.25, 0.3) is 22.4 Å². The average molecular weight is 599 g/mol. The molecule has 1 fully saturated rings. The summed E-state index contributed by atoms with van der Waals surface area (Å²) in [4.78, 5) is 29.6. The molecule has 1 aliphatic carbocycles. The fraction of sp³-hybridized carbons (Fsp3) is 0.250. The van der Waals surface area contributed by atoms with Gasteiger partial charge in [-0.15, -0.1) is 0 Å². The topological polar surface area (TPSA) is 116 Å². The number of benzene rings is 2. The lowest BCUT2D eigenvalue weighted by Crippen LogP contribution is -2.17. The van der Waals surface area contributed by atoms with Crippen LogP contribution in [0.5, 0.6) is 6.01 Å². The zero-order valence-corrected chi connectivity index (χ0v) is 23.6. The van der Waals surface area contributed by atoms with Crippen molar-refractivity contribution in [1.82, 2.24) is 24.5 Å². The van der Waals surface area contributed by atoms with E-state index < -0.39 is 29.7 Å². The van der Waals surface area contributed by atoms with Crippen LogP contribution in [0.2, 0.25) is 0 Å². The van der Waals surface area contributed by atoms with E-state index in [1.807, 2.05) is 6.07 Å². The summed E-state index contributed by atoms with van der Waals surface area (Å²) in [5.74, 6) is -1.19. The van der Waals surface area contributed by atoms with Crippen LogP contribution >= 0.6 is 0 Å². The van der Waals surface area contributed by atoms with Crippen molar-refractivity contribution < 1.29 is 27.4 Å². The van der Waals surface area contributed by atoms with Gasteiger partial charge in [0.25, 0.3) is 0 Å². The van der Waals surface area contributed by atoms with Crippen molar-refractivity contribution in [1.29, 1.82) is 5.26 Å². The molecule has 2 aromatic carbocycles. The molecule has 1 aliphatic rings. The molecule has 6 rings (SSSR count). The molecule has 1 saturated carbocycles. The van der Waals surface area contributed by atoms with Crippen molar-refractivity contribution in [2.45, 2.75) is 32.4 Å². The van der Waals surface area contributed by atoms with Gasteiger partial charge >= 0.3 is 12.0 Å². The number of methoxy groups -OCH3 is 1. The Morgan fingerprint density at radius 1 is 1.02 bits per heavy atom. The molecular formula is C32H25F3N6O3. The first-order valence-electron chi connectivity index (χ1n) is 13.7. The fourth-order valence-electron chi connectivity index (χ4n) is 4.88. The molecule has 3 heterocycles. The standard InChI is InChI=1S/C32H25F3N6O3/c1-43-30(42)27-7-6-26-29(39-27)41(18-32(17-33)9-10-32)28(38-26)14-20-4-5-21(13-24(20)35)25-8-11-37-31(40-25)44-16-22-3-2-19(15-36)12-23(22)34/h2-8,11-13H,9-10,14,16-18H2,1H3. The Morgan fingerprint density at radius 2 is 1.82 bits per heavy atom. The van der Waals surface area contributed by atoms with Gasteiger partial charge in [0, 0.05) is 35.7 Å². The highest BCUT2D eigenvalue weighted by Gasteiger charge is 2.44. The molecule has 222 valence electrons. The maximum atomic E-state index is 15.5. The number of nitriles is 1. The highest BCUT2D eigenvalue weighted by Crippen LogP contribution is 2.48. The molecule has 0 saturated heterocycles. The molecule has 9 nitrogen and oxygen atoms in total. The maximum Gasteiger partial charge on any atom is 0.356 e. The summed E-state index contributed by atoms with van der Waals surface area (Å²) in [6.45, 7) is -0.351. The Labute approximate surface area is 250 Å². The van der Waals surface area contributed by atoms with Gasteiger partial charge < -0.3 is 14.0 Å². The number of hydrogen-bond acceptors (Lipinski definition) is 8. The van der Waals surface area contributed by atoms with Crippen LogP contribution in [0, 0.1) is 28.4 Å². The third kappa shape index (κ3) is 5.81. The molecule has 12 heteroatoms. The summed E-state index contributed by atoms with van der Waals surface area (Å²) in [5, 5.41) is 8.91. The van der Waals surface area contributed by atoms with Crippen LogP contribution in [-0.2, 0) is 24.3 Å². The van der Waals surface area contributed by atoms with Gasteiger partial charge in [-0.05, 0) is 54.8 Å². The van der Waals surface area contributed by atoms with Gasteiger partial charge in [0.15, 0.2) is 11.3 Å². The normalized spacial score (nSPS) is 13.4. The van der Waals surface area contributed by atoms with E-state index in [1.54, 1.807) is 28.8 Å². The van der Waals surface area contributed by atoms with E-state index in [0.717, 1.165) is 18.9 Å². The number of nitrogens with zero attached hydrogens (tertiary/aromatic N) is 6. The number of hydrogen-bond donors (Lipinski definition) is 0. The molecule has 0 amide bonds. The molecule has 0 atom stereocenters. The maximum absolute atomic E-state index is 15.5. The summed E-state index contributed by atoms with van der Waals surface area (Å²) in [5.41, 5.74) is 2.14. The van der Waals surface area contributed by atoms with Crippen molar-refractivity contribution in [2.24, 2.45) is 5.41 Å². The average Bonchev–Trinajstić information content (AvgIpc) is 3.75. The van der Waals surface area contributed by atoms with Crippen molar-refractivity contribution in [3.63, 3.8) is 0 Å². The van der Waals surface area contributed by atoms with E-state index in [9.17, 15) is 13.6 Å². The molecule has 5 aromatic rings. The molecule has 44 heavy (non-hydrogen) atoms. The molecule has 0 aliphatic heterocycles. The highest BCUT2D eigenvalue weighted by molar-refractivity contribution is 5.89. The Kier molecular flexibility index (Phi) is 7.69. The van der Waals surface area contributed by atoms with Gasteiger partial charge in [0.2, 0.25) is 0 Å². The lowest BCUT2D eigenvalue weighted by molar-refractivity contribution is 0.0594. The van der Waals surface area contributed by atoms with E-state index in [4.69, 9.17) is 14.7 Å². The number of esters is 1. The van der Waals surface area contributed by atoms with E-state index >= 15 is 4.39 Å². The third-order valence-corrected chi connectivity index (χ3v) is 7.67. The summed E-state index contributed by atoms with van der Waals surface area (Å²) in [7, 11) is 1.26. The summed E-state index contributed by atoms with van der Waals surface area (Å²) in [6, 6.07) is 15.3. The number of imidazole rings is 1. The molecule has 0 radical (unpaired) electrons. The number of carbonyl (C=O) groups is 1. The summed E-state index contributed by atoms with van der Waals surface area (Å²) >= 11 is 0. The predicted octanol–water partition coefficient (Wildman–Crippen LogP) is 5.74. The van der Waals surface area contributed by atoms with Crippen LogP contribution in [0.3, 0.4) is 0 Å². The number of ether oxygens (including phenoxy) is 2. The van der Waals surface area contributed by atoms with Gasteiger partial charge in [-0.3, -0.25) is 4.39 Å². The minimum atomic E-state index is -0.603. The highest BCUT2D eigenvalue weighted by atomic mass is 19.1. The molecule has 3 aromatic heterocycles. The monoisotopic (exact) mass is 598 g/mol. The van der Waals surface area contributed by atoms with Gasteiger partial charge in [-0.1, -0.05) is 18.2 Å². The first-order valence-corrected chi connectivity index (χ1v) is 13.7. The second-order valence-electron chi connectivity index (χ2n) is 10.7. The van der Waals surface area contributed by atoms with Gasteiger partial charge in [-0.25, -0.2) is 28.5 Å². The quantitative estimate of drug-likeness (QED) is 0.187. The fourth-order valence-corrected chi connectivity index (χ4v) is 4.88. The Bertz CT molecular complexity index is 1930. The number of pyridine rings is 1. The van der Waals surface area contributed by atoms with Crippen LogP contribution in [0.15, 0.2) is 60.8 Å². The molecule has 0 unspecified atom stereocenters. The minimum Gasteiger partial charge on any atom is -0.464 e. The number of aromatic nitrogens is 5. The number of rotatable bonds is 10. The Balaban J connectivity index is 1.24. The predicted molar refractivity (Wildman–Crippen MR) is 152 cm³/mol. The van der Waals surface area contributed by atoms with Gasteiger partial charge in [-0.2, -0.15) is 10.2 Å². The van der Waals surface area contributed by atoms with Crippen LogP contribution in [0.1, 0.15) is 45.8 Å². The Hall–Kier alpha value is -5.31. The van der Waals surface area contributed by atoms with Crippen LogP contribution < -0.4 is 4.74 Å². The largest absolute Gasteiger partial charge is 0.464 e. The lowest BCUT2D eigenvalue weighted by atomic mass is 10.1. The second-order valence-corrected chi connectivity index (χ2v) is 10.7. The number of carbonyl (C=O) groups excluding carboxylic acids is 1. The van der Waals surface area contributed by atoms with E-state index in [0.29, 0.717) is 40.4 Å². The zero-order valence-electron chi connectivity index (χ0n) is 23.6.